The van der Waals surface area contributed by atoms with Crippen LogP contribution in [-0.2, 0) is 9.53 Å². The van der Waals surface area contributed by atoms with Gasteiger partial charge >= 0.3 is 0 Å². The molecule has 1 heterocycles. The quantitative estimate of drug-likeness (QED) is 0.634. The number of ketones is 1. The Hall–Kier alpha value is -1.29. The molecule has 4 rings (SSSR count). The molecule has 4 heteroatoms. The Kier molecular flexibility index (Phi) is 3.61. The zero-order chi connectivity index (χ0) is 17.1. The van der Waals surface area contributed by atoms with Crippen molar-refractivity contribution in [2.24, 2.45) is 23.2 Å². The molecule has 130 valence electrons. The summed E-state index contributed by atoms with van der Waals surface area (Å²) in [5.74, 6) is 0.434. The third-order valence-electron chi connectivity index (χ3n) is 7.28. The Balaban J connectivity index is 1.89. The molecule has 0 spiro atoms. The van der Waals surface area contributed by atoms with Crippen molar-refractivity contribution < 1.29 is 18.3 Å². The van der Waals surface area contributed by atoms with E-state index < -0.39 is 0 Å². The highest BCUT2D eigenvalue weighted by Crippen LogP contribution is 2.64. The molecule has 1 aliphatic heterocycles. The van der Waals surface area contributed by atoms with Crippen molar-refractivity contribution in [2.75, 3.05) is 6.61 Å². The number of hydrogen-bond donors (Lipinski definition) is 0. The fourth-order valence-corrected chi connectivity index (χ4v) is 5.97. The lowest BCUT2D eigenvalue weighted by atomic mass is 9.47. The third-order valence-corrected chi connectivity index (χ3v) is 7.28. The number of allylic oxidation sites excluding steroid dienone is 4. The summed E-state index contributed by atoms with van der Waals surface area (Å²) in [5, 5.41) is 0. The molecule has 0 bridgehead atoms. The van der Waals surface area contributed by atoms with E-state index in [1.165, 1.54) is 0 Å². The van der Waals surface area contributed by atoms with Crippen LogP contribution in [0.25, 0.3) is 0 Å². The van der Waals surface area contributed by atoms with E-state index in [9.17, 15) is 13.6 Å². The summed E-state index contributed by atoms with van der Waals surface area (Å²) in [6.45, 7) is 4.95. The minimum atomic E-state index is -0.257. The van der Waals surface area contributed by atoms with Crippen molar-refractivity contribution in [1.29, 1.82) is 0 Å². The molecule has 0 radical (unpaired) electrons. The first-order chi connectivity index (χ1) is 11.4. The van der Waals surface area contributed by atoms with E-state index >= 15 is 0 Å². The maximum Gasteiger partial charge on any atom is 0.156 e. The third kappa shape index (κ3) is 1.98. The molecule has 24 heavy (non-hydrogen) atoms. The van der Waals surface area contributed by atoms with Crippen LogP contribution < -0.4 is 0 Å². The van der Waals surface area contributed by atoms with Crippen molar-refractivity contribution in [1.82, 2.24) is 0 Å². The Morgan fingerprint density at radius 1 is 1.17 bits per heavy atom. The molecule has 4 aliphatic rings. The van der Waals surface area contributed by atoms with Gasteiger partial charge in [-0.2, -0.15) is 0 Å². The van der Waals surface area contributed by atoms with E-state index in [1.54, 1.807) is 6.08 Å². The summed E-state index contributed by atoms with van der Waals surface area (Å²) in [7, 11) is 0. The number of carbonyl (C=O) groups excluding carboxylic acids is 1. The van der Waals surface area contributed by atoms with E-state index in [0.29, 0.717) is 42.4 Å². The van der Waals surface area contributed by atoms with Crippen molar-refractivity contribution in [2.45, 2.75) is 51.6 Å². The van der Waals surface area contributed by atoms with E-state index in [1.807, 2.05) is 0 Å². The lowest BCUT2D eigenvalue weighted by Crippen LogP contribution is -2.53. The molecule has 5 atom stereocenters. The molecule has 0 aromatic carbocycles. The maximum atomic E-state index is 13.9. The molecule has 0 N–H and O–H groups in total. The molecular weight excluding hydrogens is 310 g/mol. The van der Waals surface area contributed by atoms with Crippen LogP contribution in [0, 0.1) is 23.2 Å². The number of hydrogen-bond acceptors (Lipinski definition) is 2. The summed E-state index contributed by atoms with van der Waals surface area (Å²) >= 11 is 0. The van der Waals surface area contributed by atoms with Gasteiger partial charge in [-0.1, -0.05) is 6.92 Å². The minimum absolute atomic E-state index is 0.0170. The molecule has 0 unspecified atom stereocenters. The fraction of sp³-hybridized carbons (Fsp3) is 0.650. The van der Waals surface area contributed by atoms with E-state index in [-0.39, 0.29) is 34.6 Å². The Labute approximate surface area is 141 Å². The lowest BCUT2D eigenvalue weighted by molar-refractivity contribution is -0.117. The van der Waals surface area contributed by atoms with Gasteiger partial charge in [0, 0.05) is 18.6 Å². The summed E-state index contributed by atoms with van der Waals surface area (Å²) in [5.41, 5.74) is 0.938. The lowest BCUT2D eigenvalue weighted by Gasteiger charge is -2.57. The summed E-state index contributed by atoms with van der Waals surface area (Å²) in [4.78, 5) is 12.0. The second kappa shape index (κ2) is 5.35. The number of halogens is 2. The van der Waals surface area contributed by atoms with E-state index in [2.05, 4.69) is 13.8 Å². The number of fused-ring (bicyclic) bond motifs is 5. The number of ether oxygens (including phenoxy) is 1. The van der Waals surface area contributed by atoms with Crippen LogP contribution >= 0.6 is 0 Å². The molecular formula is C20H24F2O2. The largest absolute Gasteiger partial charge is 0.375 e. The van der Waals surface area contributed by atoms with Gasteiger partial charge in [0.1, 0.15) is 0 Å². The van der Waals surface area contributed by atoms with Gasteiger partial charge < -0.3 is 4.74 Å². The van der Waals surface area contributed by atoms with Gasteiger partial charge in [0.15, 0.2) is 5.78 Å². The first-order valence-corrected chi connectivity index (χ1v) is 8.95. The molecule has 2 nitrogen and oxygen atoms in total. The maximum absolute atomic E-state index is 13.9. The minimum Gasteiger partial charge on any atom is -0.375 e. The summed E-state index contributed by atoms with van der Waals surface area (Å²) < 4.78 is 33.8. The van der Waals surface area contributed by atoms with Crippen molar-refractivity contribution in [3.05, 3.63) is 35.5 Å². The van der Waals surface area contributed by atoms with E-state index in [0.717, 1.165) is 25.7 Å². The van der Waals surface area contributed by atoms with Gasteiger partial charge in [-0.3, -0.25) is 4.79 Å². The van der Waals surface area contributed by atoms with Gasteiger partial charge in [0.25, 0.3) is 0 Å². The average molecular weight is 334 g/mol. The topological polar surface area (TPSA) is 26.3 Å². The Bertz CT molecular complexity index is 677. The predicted octanol–water partition coefficient (Wildman–Crippen LogP) is 4.82. The second-order valence-corrected chi connectivity index (χ2v) is 8.26. The monoisotopic (exact) mass is 334 g/mol. The SMILES string of the molecule is C[C@]12CCC(=O)C=C1C(=CF)C(=CF)[C@@H]1[C@H]2CC[C@]2(C)OCC[C@@H]12. The standard InChI is InChI=1S/C20H24F2O2/c1-19-6-3-12(23)9-17(19)13(10-21)14(11-22)18-15(19)4-7-20(2)16(18)5-8-24-20/h9-11,15-16,18H,3-8H2,1-2H3/t15-,16+,18-,19-,20+/m1/s1. The van der Waals surface area contributed by atoms with Crippen molar-refractivity contribution in [3.63, 3.8) is 0 Å². The van der Waals surface area contributed by atoms with Crippen LogP contribution in [0.15, 0.2) is 35.5 Å². The van der Waals surface area contributed by atoms with Gasteiger partial charge in [-0.15, -0.1) is 0 Å². The highest BCUT2D eigenvalue weighted by atomic mass is 19.1. The van der Waals surface area contributed by atoms with Gasteiger partial charge in [0.05, 0.1) is 18.3 Å². The normalized spacial score (nSPS) is 48.1. The first kappa shape index (κ1) is 16.2. The highest BCUT2D eigenvalue weighted by molar-refractivity contribution is 5.93. The predicted molar refractivity (Wildman–Crippen MR) is 87.5 cm³/mol. The summed E-state index contributed by atoms with van der Waals surface area (Å²) in [6.07, 6.45) is 6.63. The highest BCUT2D eigenvalue weighted by Gasteiger charge is 2.59. The van der Waals surface area contributed by atoms with Crippen LogP contribution in [0.3, 0.4) is 0 Å². The van der Waals surface area contributed by atoms with Crippen LogP contribution in [0.2, 0.25) is 0 Å². The molecule has 3 fully saturated rings. The Morgan fingerprint density at radius 3 is 2.67 bits per heavy atom. The zero-order valence-corrected chi connectivity index (χ0v) is 14.3. The van der Waals surface area contributed by atoms with Crippen LogP contribution in [0.4, 0.5) is 8.78 Å². The van der Waals surface area contributed by atoms with E-state index in [4.69, 9.17) is 4.74 Å². The smallest absolute Gasteiger partial charge is 0.156 e. The van der Waals surface area contributed by atoms with Crippen LogP contribution in [0.5, 0.6) is 0 Å². The fourth-order valence-electron chi connectivity index (χ4n) is 5.97. The molecule has 1 saturated heterocycles. The summed E-state index contributed by atoms with van der Waals surface area (Å²) in [6, 6.07) is 0. The first-order valence-electron chi connectivity index (χ1n) is 8.95. The second-order valence-electron chi connectivity index (χ2n) is 8.26. The molecule has 0 aromatic heterocycles. The van der Waals surface area contributed by atoms with Crippen molar-refractivity contribution >= 4 is 5.78 Å². The van der Waals surface area contributed by atoms with Crippen LogP contribution in [-0.4, -0.2) is 18.0 Å². The molecule has 2 saturated carbocycles. The van der Waals surface area contributed by atoms with Gasteiger partial charge in [-0.25, -0.2) is 8.78 Å². The molecule has 0 amide bonds. The zero-order valence-electron chi connectivity index (χ0n) is 14.3. The van der Waals surface area contributed by atoms with Crippen LogP contribution in [0.1, 0.15) is 46.0 Å². The number of rotatable bonds is 0. The van der Waals surface area contributed by atoms with Crippen molar-refractivity contribution in [3.8, 4) is 0 Å². The van der Waals surface area contributed by atoms with Gasteiger partial charge in [-0.05, 0) is 73.0 Å². The average Bonchev–Trinajstić information content (AvgIpc) is 2.96. The van der Waals surface area contributed by atoms with Gasteiger partial charge in [0.2, 0.25) is 0 Å². The molecule has 0 aromatic rings. The Morgan fingerprint density at radius 2 is 1.96 bits per heavy atom. The number of carbonyl (C=O) groups is 1. The molecule has 3 aliphatic carbocycles.